The third-order valence-corrected chi connectivity index (χ3v) is 3.49. The Hall–Kier alpha value is -1.11. The number of halogens is 1. The fraction of sp³-hybridized carbons (Fsp3) is 0.222. The second-order valence-electron chi connectivity index (χ2n) is 3.03. The van der Waals surface area contributed by atoms with Gasteiger partial charge >= 0.3 is 0 Å². The third-order valence-electron chi connectivity index (χ3n) is 2.03. The lowest BCUT2D eigenvalue weighted by Gasteiger charge is -2.03. The first-order valence-electron chi connectivity index (χ1n) is 4.47. The maximum atomic E-state index is 9.03. The predicted molar refractivity (Wildman–Crippen MR) is 60.3 cm³/mol. The van der Waals surface area contributed by atoms with Crippen LogP contribution in [-0.2, 0) is 13.7 Å². The molecular formula is C9H9ClN4OS. The molecule has 0 aliphatic rings. The number of aliphatic hydroxyl groups excluding tert-OH is 1. The molecule has 0 saturated heterocycles. The minimum absolute atomic E-state index is 0.0401. The van der Waals surface area contributed by atoms with Crippen LogP contribution < -0.4 is 0 Å². The number of rotatable bonds is 3. The van der Waals surface area contributed by atoms with Crippen molar-refractivity contribution in [1.82, 2.24) is 19.5 Å². The molecule has 0 atom stereocenters. The highest BCUT2D eigenvalue weighted by molar-refractivity contribution is 7.99. The molecule has 0 aromatic carbocycles. The van der Waals surface area contributed by atoms with Gasteiger partial charge < -0.3 is 9.67 Å². The number of imidazole rings is 1. The van der Waals surface area contributed by atoms with Crippen LogP contribution in [0.2, 0.25) is 5.02 Å². The lowest BCUT2D eigenvalue weighted by atomic mass is 10.5. The van der Waals surface area contributed by atoms with Gasteiger partial charge in [-0.25, -0.2) is 15.0 Å². The van der Waals surface area contributed by atoms with Gasteiger partial charge in [0.1, 0.15) is 11.4 Å². The highest BCUT2D eigenvalue weighted by Crippen LogP contribution is 2.29. The van der Waals surface area contributed by atoms with E-state index in [0.717, 1.165) is 10.9 Å². The first kappa shape index (κ1) is 11.4. The number of aromatic nitrogens is 4. The van der Waals surface area contributed by atoms with Crippen molar-refractivity contribution in [2.24, 2.45) is 7.05 Å². The lowest BCUT2D eigenvalue weighted by molar-refractivity contribution is 0.271. The molecule has 16 heavy (non-hydrogen) atoms. The second-order valence-corrected chi connectivity index (χ2v) is 4.39. The summed E-state index contributed by atoms with van der Waals surface area (Å²) in [7, 11) is 1.83. The molecular weight excluding hydrogens is 248 g/mol. The summed E-state index contributed by atoms with van der Waals surface area (Å²) in [5.74, 6) is 0. The molecule has 2 aromatic rings. The fourth-order valence-electron chi connectivity index (χ4n) is 1.13. The van der Waals surface area contributed by atoms with Crippen LogP contribution in [0.4, 0.5) is 0 Å². The van der Waals surface area contributed by atoms with Crippen LogP contribution in [0.5, 0.6) is 0 Å². The summed E-state index contributed by atoms with van der Waals surface area (Å²) in [5.41, 5.74) is 0.743. The average molecular weight is 257 g/mol. The van der Waals surface area contributed by atoms with Gasteiger partial charge in [-0.15, -0.1) is 0 Å². The largest absolute Gasteiger partial charge is 0.390 e. The summed E-state index contributed by atoms with van der Waals surface area (Å²) in [6.07, 6.45) is 4.59. The van der Waals surface area contributed by atoms with Crippen molar-refractivity contribution in [3.8, 4) is 0 Å². The maximum absolute atomic E-state index is 9.03. The van der Waals surface area contributed by atoms with Crippen molar-refractivity contribution in [3.05, 3.63) is 29.4 Å². The zero-order valence-electron chi connectivity index (χ0n) is 8.46. The summed E-state index contributed by atoms with van der Waals surface area (Å²) >= 11 is 7.27. The van der Waals surface area contributed by atoms with Crippen molar-refractivity contribution in [3.63, 3.8) is 0 Å². The zero-order valence-corrected chi connectivity index (χ0v) is 10.0. The first-order valence-corrected chi connectivity index (χ1v) is 5.66. The van der Waals surface area contributed by atoms with Crippen molar-refractivity contribution in [2.75, 3.05) is 0 Å². The summed E-state index contributed by atoms with van der Waals surface area (Å²) in [4.78, 5) is 12.0. The Kier molecular flexibility index (Phi) is 3.42. The van der Waals surface area contributed by atoms with Gasteiger partial charge in [-0.2, -0.15) is 0 Å². The molecule has 0 amide bonds. The maximum Gasteiger partial charge on any atom is 0.174 e. The predicted octanol–water partition coefficient (Wildman–Crippen LogP) is 1.51. The van der Waals surface area contributed by atoms with E-state index < -0.39 is 0 Å². The van der Waals surface area contributed by atoms with E-state index in [1.807, 2.05) is 7.05 Å². The monoisotopic (exact) mass is 256 g/mol. The van der Waals surface area contributed by atoms with E-state index in [9.17, 15) is 0 Å². The van der Waals surface area contributed by atoms with Crippen LogP contribution in [0.15, 0.2) is 28.9 Å². The van der Waals surface area contributed by atoms with Crippen molar-refractivity contribution >= 4 is 23.4 Å². The Bertz CT molecular complexity index is 502. The fourth-order valence-corrected chi connectivity index (χ4v) is 2.13. The molecule has 0 fully saturated rings. The molecule has 0 aliphatic heterocycles. The van der Waals surface area contributed by atoms with Crippen LogP contribution in [0.25, 0.3) is 0 Å². The van der Waals surface area contributed by atoms with E-state index in [2.05, 4.69) is 15.0 Å². The Labute approximate surface area is 102 Å². The minimum Gasteiger partial charge on any atom is -0.390 e. The first-order chi connectivity index (χ1) is 7.72. The molecule has 1 N–H and O–H groups in total. The molecule has 0 saturated carbocycles. The number of hydrogen-bond donors (Lipinski definition) is 1. The van der Waals surface area contributed by atoms with Crippen LogP contribution in [-0.4, -0.2) is 24.6 Å². The van der Waals surface area contributed by atoms with Gasteiger partial charge in [0.2, 0.25) is 0 Å². The van der Waals surface area contributed by atoms with Gasteiger partial charge in [-0.1, -0.05) is 11.6 Å². The lowest BCUT2D eigenvalue weighted by Crippen LogP contribution is -1.97. The smallest absolute Gasteiger partial charge is 0.174 e. The molecule has 7 heteroatoms. The Morgan fingerprint density at radius 1 is 1.44 bits per heavy atom. The van der Waals surface area contributed by atoms with E-state index in [1.54, 1.807) is 10.8 Å². The number of nitrogens with zero attached hydrogens (tertiary/aromatic N) is 4. The highest BCUT2D eigenvalue weighted by atomic mass is 35.5. The number of aliphatic hydroxyl groups is 1. The van der Waals surface area contributed by atoms with Gasteiger partial charge in [0, 0.05) is 7.05 Å². The standard InChI is InChI=1S/C9H9ClN4OS/c1-14-6(4-15)2-12-9(14)16-8-7(10)3-11-5-13-8/h2-3,5,15H,4H2,1H3. The molecule has 2 heterocycles. The van der Waals surface area contributed by atoms with E-state index in [4.69, 9.17) is 16.7 Å². The summed E-state index contributed by atoms with van der Waals surface area (Å²) in [6, 6.07) is 0. The molecule has 0 radical (unpaired) electrons. The Morgan fingerprint density at radius 2 is 2.25 bits per heavy atom. The molecule has 0 aliphatic carbocycles. The second kappa shape index (κ2) is 4.82. The third kappa shape index (κ3) is 2.18. The molecule has 5 nitrogen and oxygen atoms in total. The van der Waals surface area contributed by atoms with Gasteiger partial charge in [-0.3, -0.25) is 0 Å². The van der Waals surface area contributed by atoms with Gasteiger partial charge in [0.15, 0.2) is 5.16 Å². The van der Waals surface area contributed by atoms with E-state index in [1.165, 1.54) is 24.3 Å². The van der Waals surface area contributed by atoms with Crippen molar-refractivity contribution in [2.45, 2.75) is 16.8 Å². The molecule has 2 rings (SSSR count). The SMILES string of the molecule is Cn1c(CO)cnc1Sc1ncncc1Cl. The summed E-state index contributed by atoms with van der Waals surface area (Å²) < 4.78 is 1.79. The van der Waals surface area contributed by atoms with Crippen LogP contribution >= 0.6 is 23.4 Å². The van der Waals surface area contributed by atoms with Crippen LogP contribution in [0.1, 0.15) is 5.69 Å². The van der Waals surface area contributed by atoms with E-state index in [-0.39, 0.29) is 6.61 Å². The van der Waals surface area contributed by atoms with Crippen molar-refractivity contribution < 1.29 is 5.11 Å². The van der Waals surface area contributed by atoms with Crippen molar-refractivity contribution in [1.29, 1.82) is 0 Å². The average Bonchev–Trinajstić information content (AvgIpc) is 2.63. The van der Waals surface area contributed by atoms with Gasteiger partial charge in [-0.05, 0) is 11.8 Å². The molecule has 0 bridgehead atoms. The van der Waals surface area contributed by atoms with Crippen LogP contribution in [0, 0.1) is 0 Å². The van der Waals surface area contributed by atoms with E-state index in [0.29, 0.717) is 10.0 Å². The van der Waals surface area contributed by atoms with Gasteiger partial charge in [0.05, 0.1) is 29.7 Å². The number of hydrogen-bond acceptors (Lipinski definition) is 5. The Balaban J connectivity index is 2.27. The molecule has 2 aromatic heterocycles. The Morgan fingerprint density at radius 3 is 2.88 bits per heavy atom. The van der Waals surface area contributed by atoms with Crippen LogP contribution in [0.3, 0.4) is 0 Å². The summed E-state index contributed by atoms with van der Waals surface area (Å²) in [5, 5.41) is 10.9. The van der Waals surface area contributed by atoms with Gasteiger partial charge in [0.25, 0.3) is 0 Å². The zero-order chi connectivity index (χ0) is 11.5. The summed E-state index contributed by atoms with van der Waals surface area (Å²) in [6.45, 7) is -0.0401. The highest BCUT2D eigenvalue weighted by Gasteiger charge is 2.10. The molecule has 84 valence electrons. The quantitative estimate of drug-likeness (QED) is 0.844. The topological polar surface area (TPSA) is 63.8 Å². The van der Waals surface area contributed by atoms with E-state index >= 15 is 0 Å². The minimum atomic E-state index is -0.0401. The molecule has 0 spiro atoms. The molecule has 0 unspecified atom stereocenters. The normalized spacial score (nSPS) is 10.7.